The first-order chi connectivity index (χ1) is 68.6. The van der Waals surface area contributed by atoms with Gasteiger partial charge in [0, 0.05) is 53.4 Å². The number of aliphatic hydroxyl groups is 23. The molecule has 0 aromatic heterocycles. The summed E-state index contributed by atoms with van der Waals surface area (Å²) in [5.74, 6) is -22.1. The SMILES string of the molecule is CCCCCCCCCCCCCCCC(=O)N[C@@H](CO[C@@H]1O[C@H](CO)[C@@H](O[C@@H]2O[C@H](CO)[C@H](O)[C@H](O[C@@H]3O[C@H](CO)[C@H](O)[C@H](O[C@]4(C(=O)O)C[C@H](O)[C@@H](NC(C)=O)[C@H]([C@@H](O)[C@@H](CO)O[C@@H]5O[C@H](CO)[C@H](O[C@]6(C(=O)O)C[C@H](O)[C@@H](NC(C)=O)[C@H]([C@@H](O)[C@H](O)CO)O6)[C@H](O[C@]6(C(=O)O)C[C@H](O)[C@@H](NC(C)=O)[C@H]([C@@H](O)[C@H](O)CO)O6)[C@H]5O)O4)[C@H]3NC(C)=O)[C@H]2O)[C@H](O)[C@H]1O)[C@H](O)[C@H](O)CCCCCCCCCCC(C)C. The van der Waals surface area contributed by atoms with Crippen LogP contribution in [0, 0.1) is 5.92 Å². The summed E-state index contributed by atoms with van der Waals surface area (Å²) in [6, 6.07) is -9.64. The molecule has 0 spiro atoms. The molecular weight excluding hydrogens is 1940 g/mol. The van der Waals surface area contributed by atoms with Gasteiger partial charge in [-0.15, -0.1) is 0 Å². The molecule has 0 aliphatic carbocycles. The van der Waals surface area contributed by atoms with Crippen molar-refractivity contribution in [3.05, 3.63) is 0 Å². The van der Waals surface area contributed by atoms with Crippen LogP contribution in [-0.2, 0) is 105 Å². The summed E-state index contributed by atoms with van der Waals surface area (Å²) < 4.78 is 83.5. The molecule has 7 fully saturated rings. The molecule has 0 aromatic rings. The lowest BCUT2D eigenvalue weighted by Crippen LogP contribution is -2.73. The van der Waals surface area contributed by atoms with Crippen molar-refractivity contribution in [1.82, 2.24) is 26.6 Å². The third-order valence-electron chi connectivity index (χ3n) is 27.2. The standard InChI is InChI=1S/C92H161N5O48/c1-8-9-10-11-12-13-14-15-16-17-22-25-28-31-60(115)97-48(65(116)49(109)30-27-24-21-19-18-20-23-26-29-43(2)3)42-132-84-72(123)71(122)75(58(40-103)136-84)138-86-73(124)81(70(121)57(39-102)135-86)139-83-64(96-47(7)108)80(69(120)55(37-100)133-83)144-91(88(128)129)33-52(112)63(95-46(6)107)79(143-91)68(119)56(38-101)134-85-74(125)82(145-92(89(130)131)34-51(111)62(94-45(5)106)78(142-92)67(118)54(114)36-99)76(59(41-104)137-85)140-90(87(126)127)32-50(110)61(93-44(4)105)77(141-90)66(117)53(113)35-98/h43,48-59,61-86,98-104,109-114,116-125H,8-42H2,1-7H3,(H,93,105)(H,94,106)(H,95,107)(H,96,108)(H,97,115)(H,126,127)(H,128,129)(H,130,131)/t48-,49+,50-,51-,52-,53+,54+,55+,56+,57+,58+,59+,61+,62+,63+,64+,65-,66-,67-,68-,69-,70-,71+,72+,73+,74+,75+,76-,77+,78+,79+,80+,81-,82+,83-,84+,85+,86-,90+,91-,92-/m0/s1. The topological polar surface area (TPSA) is 852 Å². The van der Waals surface area contributed by atoms with Crippen molar-refractivity contribution in [1.29, 1.82) is 0 Å². The summed E-state index contributed by atoms with van der Waals surface area (Å²) >= 11 is 0. The smallest absolute Gasteiger partial charge is 0.364 e. The molecule has 842 valence electrons. The van der Waals surface area contributed by atoms with Crippen LogP contribution in [0.5, 0.6) is 0 Å². The Balaban J connectivity index is 1.16. The molecule has 53 heteroatoms. The maximum atomic E-state index is 14.3. The Morgan fingerprint density at radius 1 is 0.366 bits per heavy atom. The van der Waals surface area contributed by atoms with E-state index in [0.29, 0.717) is 18.8 Å². The molecule has 31 N–H and O–H groups in total. The highest BCUT2D eigenvalue weighted by molar-refractivity contribution is 5.79. The molecule has 0 bridgehead atoms. The predicted molar refractivity (Wildman–Crippen MR) is 489 cm³/mol. The average Bonchev–Trinajstić information content (AvgIpc) is 0.739. The maximum absolute atomic E-state index is 14.3. The zero-order valence-corrected chi connectivity index (χ0v) is 82.9. The maximum Gasteiger partial charge on any atom is 0.364 e. The van der Waals surface area contributed by atoms with E-state index in [0.717, 1.165) is 118 Å². The lowest BCUT2D eigenvalue weighted by molar-refractivity contribution is -0.404. The summed E-state index contributed by atoms with van der Waals surface area (Å²) in [5, 5.41) is 309. The molecule has 53 nitrogen and oxygen atoms in total. The number of ether oxygens (including phenoxy) is 14. The fourth-order valence-electron chi connectivity index (χ4n) is 19.2. The van der Waals surface area contributed by atoms with Crippen LogP contribution in [0.15, 0.2) is 0 Å². The molecule has 41 atom stereocenters. The number of rotatable bonds is 63. The number of amides is 5. The number of nitrogens with one attached hydrogen (secondary N) is 5. The van der Waals surface area contributed by atoms with E-state index in [9.17, 15) is 171 Å². The molecule has 0 aromatic carbocycles. The van der Waals surface area contributed by atoms with Crippen molar-refractivity contribution in [2.45, 2.75) is 472 Å². The Bertz CT molecular complexity index is 3860. The van der Waals surface area contributed by atoms with Crippen molar-refractivity contribution in [2.75, 3.05) is 52.9 Å². The summed E-state index contributed by atoms with van der Waals surface area (Å²) in [5.41, 5.74) is 0. The van der Waals surface area contributed by atoms with E-state index in [1.54, 1.807) is 0 Å². The number of carbonyl (C=O) groups excluding carboxylic acids is 5. The van der Waals surface area contributed by atoms with Crippen molar-refractivity contribution >= 4 is 47.4 Å². The molecular formula is C92H161N5O48. The number of carboxylic acid groups (broad SMARTS) is 3. The first kappa shape index (κ1) is 126. The second-order valence-corrected chi connectivity index (χ2v) is 39.1. The number of hydrogen-bond donors (Lipinski definition) is 31. The van der Waals surface area contributed by atoms with Gasteiger partial charge in [0.1, 0.15) is 159 Å². The number of carboxylic acids is 3. The van der Waals surface area contributed by atoms with Crippen LogP contribution in [0.25, 0.3) is 0 Å². The quantitative estimate of drug-likeness (QED) is 0.0252. The Morgan fingerprint density at radius 3 is 1.14 bits per heavy atom. The number of hydrogen-bond acceptors (Lipinski definition) is 45. The minimum atomic E-state index is -3.68. The number of unbranched alkanes of at least 4 members (excludes halogenated alkanes) is 19. The average molecular weight is 2110 g/mol. The third kappa shape index (κ3) is 34.6. The first-order valence-corrected chi connectivity index (χ1v) is 50.1. The van der Waals surface area contributed by atoms with E-state index in [2.05, 4.69) is 47.4 Å². The van der Waals surface area contributed by atoms with Crippen LogP contribution >= 0.6 is 0 Å². The number of aliphatic hydroxyl groups excluding tert-OH is 23. The van der Waals surface area contributed by atoms with Crippen LogP contribution in [0.1, 0.15) is 222 Å². The van der Waals surface area contributed by atoms with Crippen molar-refractivity contribution in [3.8, 4) is 0 Å². The molecule has 7 rings (SSSR count). The molecule has 5 amide bonds. The highest BCUT2D eigenvalue weighted by Crippen LogP contribution is 2.45. The fraction of sp³-hybridized carbons (Fsp3) is 0.913. The van der Waals surface area contributed by atoms with E-state index in [1.165, 1.54) is 38.5 Å². The summed E-state index contributed by atoms with van der Waals surface area (Å²) in [6.07, 6.45) is -58.9. The highest BCUT2D eigenvalue weighted by atomic mass is 16.8. The Labute approximate surface area is 838 Å². The summed E-state index contributed by atoms with van der Waals surface area (Å²) in [4.78, 5) is 107. The van der Waals surface area contributed by atoms with E-state index in [-0.39, 0.29) is 12.8 Å². The molecule has 0 unspecified atom stereocenters. The summed E-state index contributed by atoms with van der Waals surface area (Å²) in [7, 11) is 0. The van der Waals surface area contributed by atoms with Gasteiger partial charge < -0.3 is 226 Å². The lowest BCUT2D eigenvalue weighted by Gasteiger charge is -2.53. The van der Waals surface area contributed by atoms with Gasteiger partial charge in [0.15, 0.2) is 25.2 Å². The molecule has 145 heavy (non-hydrogen) atoms. The first-order valence-electron chi connectivity index (χ1n) is 50.1. The predicted octanol–water partition coefficient (Wildman–Crippen LogP) is -8.81. The summed E-state index contributed by atoms with van der Waals surface area (Å²) in [6.45, 7) is -0.166. The largest absolute Gasteiger partial charge is 0.477 e. The second-order valence-electron chi connectivity index (χ2n) is 39.1. The van der Waals surface area contributed by atoms with Crippen LogP contribution in [0.4, 0.5) is 0 Å². The van der Waals surface area contributed by atoms with Gasteiger partial charge in [-0.3, -0.25) is 24.0 Å². The van der Waals surface area contributed by atoms with Gasteiger partial charge in [0.05, 0.1) is 101 Å². The van der Waals surface area contributed by atoms with Gasteiger partial charge in [0.2, 0.25) is 29.5 Å². The minimum Gasteiger partial charge on any atom is -0.477 e. The van der Waals surface area contributed by atoms with Crippen molar-refractivity contribution in [2.24, 2.45) is 5.92 Å². The molecule has 7 aliphatic rings. The van der Waals surface area contributed by atoms with Crippen molar-refractivity contribution < 1.29 is 237 Å². The number of carbonyl (C=O) groups is 8. The zero-order chi connectivity index (χ0) is 108. The van der Waals surface area contributed by atoms with E-state index in [4.69, 9.17) is 66.3 Å². The van der Waals surface area contributed by atoms with Crippen molar-refractivity contribution in [3.63, 3.8) is 0 Å². The Kier molecular flexibility index (Phi) is 52.8. The van der Waals surface area contributed by atoms with Crippen LogP contribution < -0.4 is 26.6 Å². The van der Waals surface area contributed by atoms with Gasteiger partial charge in [0.25, 0.3) is 17.4 Å². The van der Waals surface area contributed by atoms with Gasteiger partial charge in [-0.05, 0) is 18.8 Å². The molecule has 7 aliphatic heterocycles. The Hall–Kier alpha value is -5.72. The van der Waals surface area contributed by atoms with E-state index in [1.807, 2.05) is 0 Å². The van der Waals surface area contributed by atoms with E-state index < -0.39 is 369 Å². The molecule has 7 saturated heterocycles. The van der Waals surface area contributed by atoms with E-state index >= 15 is 0 Å². The highest BCUT2D eigenvalue weighted by Gasteiger charge is 2.67. The van der Waals surface area contributed by atoms with Crippen LogP contribution in [0.2, 0.25) is 0 Å². The van der Waals surface area contributed by atoms with Gasteiger partial charge in [-0.25, -0.2) is 14.4 Å². The monoisotopic (exact) mass is 2100 g/mol. The zero-order valence-electron chi connectivity index (χ0n) is 82.9. The molecule has 7 heterocycles. The second kappa shape index (κ2) is 60.7. The Morgan fingerprint density at radius 2 is 0.724 bits per heavy atom. The van der Waals surface area contributed by atoms with Gasteiger partial charge in [-0.1, -0.05) is 156 Å². The fourth-order valence-corrected chi connectivity index (χ4v) is 19.2. The third-order valence-corrected chi connectivity index (χ3v) is 27.2. The molecule has 0 saturated carbocycles. The normalized spacial score (nSPS) is 36.0. The van der Waals surface area contributed by atoms with Crippen LogP contribution in [-0.4, -0.2) is 483 Å². The number of aliphatic carboxylic acids is 3. The molecule has 0 radical (unpaired) electrons. The van der Waals surface area contributed by atoms with Gasteiger partial charge >= 0.3 is 17.9 Å². The lowest BCUT2D eigenvalue weighted by atomic mass is 9.87. The van der Waals surface area contributed by atoms with Gasteiger partial charge in [-0.2, -0.15) is 0 Å². The van der Waals surface area contributed by atoms with Crippen LogP contribution in [0.3, 0.4) is 0 Å². The minimum absolute atomic E-state index is 0.0428.